The summed E-state index contributed by atoms with van der Waals surface area (Å²) in [5.41, 5.74) is 4.66. The maximum absolute atomic E-state index is 13.7. The average Bonchev–Trinajstić information content (AvgIpc) is 2.99. The van der Waals surface area contributed by atoms with Crippen LogP contribution in [0.5, 0.6) is 0 Å². The van der Waals surface area contributed by atoms with E-state index in [1.807, 2.05) is 29.2 Å². The van der Waals surface area contributed by atoms with Crippen molar-refractivity contribution in [1.82, 2.24) is 5.32 Å². The molecule has 148 valence electrons. The van der Waals surface area contributed by atoms with Crippen LogP contribution < -0.4 is 10.2 Å². The number of rotatable bonds is 4. The van der Waals surface area contributed by atoms with Crippen molar-refractivity contribution in [1.29, 1.82) is 0 Å². The van der Waals surface area contributed by atoms with Crippen LogP contribution in [-0.2, 0) is 24.2 Å². The van der Waals surface area contributed by atoms with Gasteiger partial charge in [0.1, 0.15) is 0 Å². The molecule has 0 aromatic heterocycles. The molecule has 0 radical (unpaired) electrons. The van der Waals surface area contributed by atoms with E-state index in [0.717, 1.165) is 62.9 Å². The SMILES string of the molecule is O=C(C1CCCCC1)N(Cc1ccccc1)c1c(Cl)ccc2c1CCNCC2. The molecular formula is C24H29ClN2O. The van der Waals surface area contributed by atoms with Gasteiger partial charge in [-0.3, -0.25) is 4.79 Å². The van der Waals surface area contributed by atoms with Gasteiger partial charge in [0.25, 0.3) is 0 Å². The van der Waals surface area contributed by atoms with Gasteiger partial charge in [-0.1, -0.05) is 67.3 Å². The van der Waals surface area contributed by atoms with Crippen molar-refractivity contribution >= 4 is 23.2 Å². The maximum Gasteiger partial charge on any atom is 0.230 e. The Morgan fingerprint density at radius 3 is 2.54 bits per heavy atom. The molecule has 4 heteroatoms. The zero-order valence-corrected chi connectivity index (χ0v) is 17.2. The number of carbonyl (C=O) groups excluding carboxylic acids is 1. The second-order valence-corrected chi connectivity index (χ2v) is 8.44. The summed E-state index contributed by atoms with van der Waals surface area (Å²) in [4.78, 5) is 15.7. The number of carbonyl (C=O) groups is 1. The summed E-state index contributed by atoms with van der Waals surface area (Å²) >= 11 is 6.74. The monoisotopic (exact) mass is 396 g/mol. The summed E-state index contributed by atoms with van der Waals surface area (Å²) in [6, 6.07) is 14.4. The van der Waals surface area contributed by atoms with Crippen LogP contribution in [0.4, 0.5) is 5.69 Å². The van der Waals surface area contributed by atoms with Crippen molar-refractivity contribution in [2.24, 2.45) is 5.92 Å². The Bertz CT molecular complexity index is 815. The Kier molecular flexibility index (Phi) is 6.33. The zero-order valence-electron chi connectivity index (χ0n) is 16.4. The molecule has 2 aliphatic rings. The number of nitrogens with one attached hydrogen (secondary N) is 1. The molecule has 2 aromatic carbocycles. The number of halogens is 1. The third-order valence-electron chi connectivity index (χ3n) is 6.13. The largest absolute Gasteiger partial charge is 0.316 e. The van der Waals surface area contributed by atoms with Crippen LogP contribution in [0, 0.1) is 5.92 Å². The highest BCUT2D eigenvalue weighted by Crippen LogP contribution is 2.37. The normalized spacial score (nSPS) is 17.6. The van der Waals surface area contributed by atoms with Gasteiger partial charge in [-0.25, -0.2) is 0 Å². The van der Waals surface area contributed by atoms with E-state index in [1.54, 1.807) is 0 Å². The van der Waals surface area contributed by atoms with Gasteiger partial charge in [-0.15, -0.1) is 0 Å². The molecule has 1 fully saturated rings. The zero-order chi connectivity index (χ0) is 19.3. The minimum absolute atomic E-state index is 0.119. The third kappa shape index (κ3) is 4.26. The summed E-state index contributed by atoms with van der Waals surface area (Å²) in [7, 11) is 0. The molecule has 0 bridgehead atoms. The van der Waals surface area contributed by atoms with E-state index >= 15 is 0 Å². The molecule has 3 nitrogen and oxygen atoms in total. The van der Waals surface area contributed by atoms with Gasteiger partial charge in [-0.05, 0) is 61.5 Å². The van der Waals surface area contributed by atoms with Gasteiger partial charge in [0.15, 0.2) is 0 Å². The number of anilines is 1. The van der Waals surface area contributed by atoms with Crippen molar-refractivity contribution in [2.45, 2.75) is 51.5 Å². The number of hydrogen-bond donors (Lipinski definition) is 1. The number of benzene rings is 2. The lowest BCUT2D eigenvalue weighted by molar-refractivity contribution is -0.123. The molecule has 0 saturated heterocycles. The molecule has 1 saturated carbocycles. The molecule has 1 aliphatic carbocycles. The van der Waals surface area contributed by atoms with Crippen molar-refractivity contribution in [2.75, 3.05) is 18.0 Å². The smallest absolute Gasteiger partial charge is 0.230 e. The van der Waals surface area contributed by atoms with Crippen LogP contribution in [0.1, 0.15) is 48.8 Å². The number of nitrogens with zero attached hydrogens (tertiary/aromatic N) is 1. The standard InChI is InChI=1S/C24H29ClN2O/c25-22-12-11-19-13-15-26-16-14-21(19)23(22)27(17-18-7-3-1-4-8-18)24(28)20-9-5-2-6-10-20/h1,3-4,7-8,11-12,20,26H,2,5-6,9-10,13-17H2. The molecule has 4 rings (SSSR count). The van der Waals surface area contributed by atoms with E-state index in [0.29, 0.717) is 11.6 Å². The van der Waals surface area contributed by atoms with Crippen molar-refractivity contribution < 1.29 is 4.79 Å². The topological polar surface area (TPSA) is 32.3 Å². The van der Waals surface area contributed by atoms with E-state index in [4.69, 9.17) is 11.6 Å². The highest BCUT2D eigenvalue weighted by atomic mass is 35.5. The number of fused-ring (bicyclic) bond motifs is 1. The minimum atomic E-state index is 0.119. The Hall–Kier alpha value is -1.84. The molecule has 1 aliphatic heterocycles. The highest BCUT2D eigenvalue weighted by Gasteiger charge is 2.30. The predicted octanol–water partition coefficient (Wildman–Crippen LogP) is 5.14. The van der Waals surface area contributed by atoms with Gasteiger partial charge >= 0.3 is 0 Å². The highest BCUT2D eigenvalue weighted by molar-refractivity contribution is 6.34. The van der Waals surface area contributed by atoms with Crippen molar-refractivity contribution in [3.8, 4) is 0 Å². The van der Waals surface area contributed by atoms with E-state index < -0.39 is 0 Å². The fraction of sp³-hybridized carbons (Fsp3) is 0.458. The summed E-state index contributed by atoms with van der Waals surface area (Å²) < 4.78 is 0. The first kappa shape index (κ1) is 19.5. The number of hydrogen-bond acceptors (Lipinski definition) is 2. The summed E-state index contributed by atoms with van der Waals surface area (Å²) in [6.45, 7) is 2.49. The fourth-order valence-electron chi connectivity index (χ4n) is 4.62. The molecule has 0 spiro atoms. The van der Waals surface area contributed by atoms with E-state index in [-0.39, 0.29) is 11.8 Å². The molecule has 0 atom stereocenters. The average molecular weight is 397 g/mol. The molecule has 28 heavy (non-hydrogen) atoms. The van der Waals surface area contributed by atoms with E-state index in [2.05, 4.69) is 23.5 Å². The molecular weight excluding hydrogens is 368 g/mol. The minimum Gasteiger partial charge on any atom is -0.316 e. The number of amides is 1. The van der Waals surface area contributed by atoms with Gasteiger partial charge < -0.3 is 10.2 Å². The fourth-order valence-corrected chi connectivity index (χ4v) is 4.90. The lowest BCUT2D eigenvalue weighted by Crippen LogP contribution is -2.37. The Balaban J connectivity index is 1.75. The second kappa shape index (κ2) is 9.11. The van der Waals surface area contributed by atoms with Crippen molar-refractivity contribution in [3.05, 3.63) is 64.2 Å². The van der Waals surface area contributed by atoms with Crippen LogP contribution in [0.15, 0.2) is 42.5 Å². The molecule has 1 amide bonds. The predicted molar refractivity (Wildman–Crippen MR) is 116 cm³/mol. The first-order valence-electron chi connectivity index (χ1n) is 10.6. The van der Waals surface area contributed by atoms with Crippen molar-refractivity contribution in [3.63, 3.8) is 0 Å². The van der Waals surface area contributed by atoms with Crippen LogP contribution in [0.3, 0.4) is 0 Å². The van der Waals surface area contributed by atoms with Crippen LogP contribution >= 0.6 is 11.6 Å². The summed E-state index contributed by atoms with van der Waals surface area (Å²) in [6.07, 6.45) is 7.44. The summed E-state index contributed by atoms with van der Waals surface area (Å²) in [5.74, 6) is 0.365. The lowest BCUT2D eigenvalue weighted by atomic mass is 9.87. The first-order chi connectivity index (χ1) is 13.7. The molecule has 1 heterocycles. The summed E-state index contributed by atoms with van der Waals surface area (Å²) in [5, 5.41) is 4.17. The van der Waals surface area contributed by atoms with Crippen LogP contribution in [0.2, 0.25) is 5.02 Å². The third-order valence-corrected chi connectivity index (χ3v) is 6.43. The Labute approximate surface area is 173 Å². The Morgan fingerprint density at radius 2 is 1.75 bits per heavy atom. The first-order valence-corrected chi connectivity index (χ1v) is 11.0. The molecule has 2 aromatic rings. The van der Waals surface area contributed by atoms with E-state index in [1.165, 1.54) is 17.5 Å². The van der Waals surface area contributed by atoms with Crippen LogP contribution in [0.25, 0.3) is 0 Å². The lowest BCUT2D eigenvalue weighted by Gasteiger charge is -2.32. The maximum atomic E-state index is 13.7. The molecule has 1 N–H and O–H groups in total. The second-order valence-electron chi connectivity index (χ2n) is 8.03. The van der Waals surface area contributed by atoms with Gasteiger partial charge in [0, 0.05) is 5.92 Å². The van der Waals surface area contributed by atoms with E-state index in [9.17, 15) is 4.79 Å². The van der Waals surface area contributed by atoms with Crippen LogP contribution in [-0.4, -0.2) is 19.0 Å². The van der Waals surface area contributed by atoms with Gasteiger partial charge in [-0.2, -0.15) is 0 Å². The molecule has 0 unspecified atom stereocenters. The Morgan fingerprint density at radius 1 is 1.00 bits per heavy atom. The quantitative estimate of drug-likeness (QED) is 0.775. The van der Waals surface area contributed by atoms with Gasteiger partial charge in [0.05, 0.1) is 17.3 Å². The van der Waals surface area contributed by atoms with Gasteiger partial charge in [0.2, 0.25) is 5.91 Å².